The van der Waals surface area contributed by atoms with Gasteiger partial charge < -0.3 is 9.47 Å². The van der Waals surface area contributed by atoms with E-state index in [1.54, 1.807) is 0 Å². The lowest BCUT2D eigenvalue weighted by Gasteiger charge is -2.22. The molecule has 0 aliphatic carbocycles. The fourth-order valence-electron chi connectivity index (χ4n) is 1.88. The Bertz CT molecular complexity index is 231. The van der Waals surface area contributed by atoms with Gasteiger partial charge in [0, 0.05) is 19.3 Å². The minimum atomic E-state index is -0.469. The van der Waals surface area contributed by atoms with Crippen LogP contribution in [0.5, 0.6) is 0 Å². The molecule has 0 radical (unpaired) electrons. The van der Waals surface area contributed by atoms with E-state index in [-0.39, 0.29) is 11.7 Å². The predicted octanol–water partition coefficient (Wildman–Crippen LogP) is 2.64. The van der Waals surface area contributed by atoms with Gasteiger partial charge in [-0.15, -0.1) is 0 Å². The van der Waals surface area contributed by atoms with Crippen LogP contribution in [0, 0.1) is 0 Å². The summed E-state index contributed by atoms with van der Waals surface area (Å²) >= 11 is 0. The van der Waals surface area contributed by atoms with Gasteiger partial charge in [-0.3, -0.25) is 0 Å². The molecule has 0 saturated carbocycles. The van der Waals surface area contributed by atoms with Crippen LogP contribution in [-0.4, -0.2) is 34.4 Å². The quantitative estimate of drug-likeness (QED) is 0.329. The summed E-state index contributed by atoms with van der Waals surface area (Å²) in [5.74, 6) is -0.283. The van der Waals surface area contributed by atoms with Crippen molar-refractivity contribution in [3.05, 3.63) is 12.7 Å². The topological polar surface area (TPSA) is 35.5 Å². The molecule has 4 heteroatoms. The zero-order valence-corrected chi connectivity index (χ0v) is 13.5. The van der Waals surface area contributed by atoms with Crippen molar-refractivity contribution < 1.29 is 14.3 Å². The fraction of sp³-hybridized carbons (Fsp3) is 0.786. The summed E-state index contributed by atoms with van der Waals surface area (Å²) < 4.78 is 11.0. The van der Waals surface area contributed by atoms with Crippen molar-refractivity contribution in [2.24, 2.45) is 0 Å². The number of rotatable bonds is 11. The largest absolute Gasteiger partial charge is 0.464 e. The van der Waals surface area contributed by atoms with Crippen LogP contribution >= 0.6 is 0 Å². The molecule has 3 nitrogen and oxygen atoms in total. The van der Waals surface area contributed by atoms with Gasteiger partial charge in [0.1, 0.15) is 0 Å². The molecule has 0 heterocycles. The first-order chi connectivity index (χ1) is 8.67. The van der Waals surface area contributed by atoms with Gasteiger partial charge in [-0.25, -0.2) is 4.79 Å². The van der Waals surface area contributed by atoms with Crippen molar-refractivity contribution in [1.82, 2.24) is 0 Å². The minimum absolute atomic E-state index is 0.140. The Morgan fingerprint density at radius 1 is 1.39 bits per heavy atom. The molecule has 0 fully saturated rings. The molecule has 0 aromatic rings. The number of carbonyl (C=O) groups is 1. The molecule has 0 N–H and O–H groups in total. The molecule has 2 unspecified atom stereocenters. The normalized spacial score (nSPS) is 14.6. The molecule has 0 saturated heterocycles. The smallest absolute Gasteiger partial charge is 0.330 e. The standard InChI is InChI=1S/C14H28O3Si/c1-5-9-10-14(17-13(15)7-3)18-12(6-2)11-16-8-4/h7,12,14H,3,5-6,8-11,18H2,1-2,4H3. The van der Waals surface area contributed by atoms with Gasteiger partial charge in [-0.05, 0) is 18.9 Å². The Morgan fingerprint density at radius 3 is 2.61 bits per heavy atom. The predicted molar refractivity (Wildman–Crippen MR) is 78.7 cm³/mol. The second-order valence-corrected chi connectivity index (χ2v) is 7.11. The molecule has 18 heavy (non-hydrogen) atoms. The highest BCUT2D eigenvalue weighted by Gasteiger charge is 2.18. The fourth-order valence-corrected chi connectivity index (χ4v) is 4.04. The summed E-state index contributed by atoms with van der Waals surface area (Å²) in [4.78, 5) is 11.3. The van der Waals surface area contributed by atoms with E-state index in [9.17, 15) is 4.79 Å². The maximum absolute atomic E-state index is 11.3. The Balaban J connectivity index is 4.24. The Morgan fingerprint density at radius 2 is 2.11 bits per heavy atom. The van der Waals surface area contributed by atoms with Crippen molar-refractivity contribution >= 4 is 15.5 Å². The monoisotopic (exact) mass is 272 g/mol. The molecular weight excluding hydrogens is 244 g/mol. The van der Waals surface area contributed by atoms with Crippen molar-refractivity contribution in [2.75, 3.05) is 13.2 Å². The molecule has 0 aliphatic rings. The summed E-state index contributed by atoms with van der Waals surface area (Å²) in [6.07, 6.45) is 5.62. The Labute approximate surface area is 114 Å². The first kappa shape index (κ1) is 17.4. The summed E-state index contributed by atoms with van der Waals surface area (Å²) in [6.45, 7) is 11.4. The zero-order valence-electron chi connectivity index (χ0n) is 12.1. The Hall–Kier alpha value is -0.613. The maximum Gasteiger partial charge on any atom is 0.330 e. The molecule has 106 valence electrons. The third-order valence-electron chi connectivity index (χ3n) is 3.06. The van der Waals surface area contributed by atoms with E-state index in [1.807, 2.05) is 6.92 Å². The second kappa shape index (κ2) is 11.5. The second-order valence-electron chi connectivity index (χ2n) is 4.57. The van der Waals surface area contributed by atoms with Gasteiger partial charge in [0.15, 0.2) is 0 Å². The lowest BCUT2D eigenvalue weighted by Crippen LogP contribution is -2.28. The number of carbonyl (C=O) groups excluding carboxylic acids is 1. The van der Waals surface area contributed by atoms with Gasteiger partial charge in [0.25, 0.3) is 0 Å². The molecule has 0 aromatic heterocycles. The number of unbranched alkanes of at least 4 members (excludes halogenated alkanes) is 1. The lowest BCUT2D eigenvalue weighted by molar-refractivity contribution is -0.139. The zero-order chi connectivity index (χ0) is 13.8. The average Bonchev–Trinajstić information content (AvgIpc) is 2.40. The molecule has 2 atom stereocenters. The first-order valence-corrected chi connectivity index (χ1v) is 8.71. The van der Waals surface area contributed by atoms with E-state index < -0.39 is 9.52 Å². The highest BCUT2D eigenvalue weighted by atomic mass is 28.2. The van der Waals surface area contributed by atoms with E-state index in [0.29, 0.717) is 5.54 Å². The molecule has 0 bridgehead atoms. The van der Waals surface area contributed by atoms with Crippen LogP contribution in [0.1, 0.15) is 46.5 Å². The maximum atomic E-state index is 11.3. The van der Waals surface area contributed by atoms with E-state index in [4.69, 9.17) is 9.47 Å². The molecular formula is C14H28O3Si. The summed E-state index contributed by atoms with van der Waals surface area (Å²) in [5, 5.41) is 0. The highest BCUT2D eigenvalue weighted by Crippen LogP contribution is 2.15. The van der Waals surface area contributed by atoms with Gasteiger partial charge in [0.05, 0.1) is 15.2 Å². The molecule has 0 aliphatic heterocycles. The third kappa shape index (κ3) is 8.47. The number of hydrogen-bond donors (Lipinski definition) is 0. The van der Waals surface area contributed by atoms with Gasteiger partial charge in [-0.1, -0.05) is 39.7 Å². The molecule has 0 amide bonds. The highest BCUT2D eigenvalue weighted by molar-refractivity contribution is 6.39. The summed E-state index contributed by atoms with van der Waals surface area (Å²) in [5.41, 5.74) is 0.741. The van der Waals surface area contributed by atoms with Crippen LogP contribution in [0.4, 0.5) is 0 Å². The van der Waals surface area contributed by atoms with Crippen molar-refractivity contribution in [3.8, 4) is 0 Å². The average molecular weight is 272 g/mol. The van der Waals surface area contributed by atoms with E-state index >= 15 is 0 Å². The molecule has 0 spiro atoms. The molecule has 0 aromatic carbocycles. The van der Waals surface area contributed by atoms with Crippen LogP contribution in [0.25, 0.3) is 0 Å². The third-order valence-corrected chi connectivity index (χ3v) is 5.64. The van der Waals surface area contributed by atoms with Crippen molar-refractivity contribution in [2.45, 2.75) is 57.7 Å². The van der Waals surface area contributed by atoms with Gasteiger partial charge in [0.2, 0.25) is 0 Å². The van der Waals surface area contributed by atoms with Crippen LogP contribution in [-0.2, 0) is 14.3 Å². The molecule has 0 rings (SSSR count). The van der Waals surface area contributed by atoms with Crippen LogP contribution in [0.15, 0.2) is 12.7 Å². The van der Waals surface area contributed by atoms with E-state index in [2.05, 4.69) is 20.4 Å². The summed E-state index contributed by atoms with van der Waals surface area (Å²) in [6, 6.07) is 0. The number of ether oxygens (including phenoxy) is 2. The SMILES string of the molecule is C=CC(=O)OC(CCCC)[SiH2]C(CC)COCC. The van der Waals surface area contributed by atoms with E-state index in [1.165, 1.54) is 6.08 Å². The van der Waals surface area contributed by atoms with Crippen molar-refractivity contribution in [1.29, 1.82) is 0 Å². The number of hydrogen-bond acceptors (Lipinski definition) is 3. The Kier molecular flexibility index (Phi) is 11.1. The van der Waals surface area contributed by atoms with E-state index in [0.717, 1.165) is 38.9 Å². The first-order valence-electron chi connectivity index (χ1n) is 7.08. The van der Waals surface area contributed by atoms with Crippen LogP contribution in [0.3, 0.4) is 0 Å². The van der Waals surface area contributed by atoms with Crippen molar-refractivity contribution in [3.63, 3.8) is 0 Å². The van der Waals surface area contributed by atoms with Gasteiger partial charge >= 0.3 is 5.97 Å². The summed E-state index contributed by atoms with van der Waals surface area (Å²) in [7, 11) is -0.469. The number of esters is 1. The van der Waals surface area contributed by atoms with Crippen LogP contribution in [0.2, 0.25) is 5.54 Å². The minimum Gasteiger partial charge on any atom is -0.464 e. The van der Waals surface area contributed by atoms with Crippen LogP contribution < -0.4 is 0 Å². The lowest BCUT2D eigenvalue weighted by atomic mass is 10.3. The van der Waals surface area contributed by atoms with Gasteiger partial charge in [-0.2, -0.15) is 0 Å².